The zero-order valence-corrected chi connectivity index (χ0v) is 16.7. The van der Waals surface area contributed by atoms with Crippen LogP contribution in [-0.4, -0.2) is 37.6 Å². The topological polar surface area (TPSA) is 96.6 Å². The molecule has 3 aromatic rings. The van der Waals surface area contributed by atoms with E-state index in [1.807, 2.05) is 56.5 Å². The van der Waals surface area contributed by atoms with Crippen LogP contribution in [0.5, 0.6) is 0 Å². The van der Waals surface area contributed by atoms with E-state index in [-0.39, 0.29) is 18.2 Å². The first kappa shape index (κ1) is 19.8. The maximum Gasteiger partial charge on any atom is 0.326 e. The summed E-state index contributed by atoms with van der Waals surface area (Å²) in [5, 5.41) is 17.6. The van der Waals surface area contributed by atoms with Crippen LogP contribution < -0.4 is 5.32 Å². The molecule has 0 aliphatic rings. The number of carboxylic acid groups (broad SMARTS) is 1. The minimum absolute atomic E-state index is 0.126. The number of carboxylic acids is 1. The number of hydrogen-bond acceptors (Lipinski definition) is 4. The molecule has 7 nitrogen and oxygen atoms in total. The Morgan fingerprint density at radius 3 is 2.64 bits per heavy atom. The molecule has 0 spiro atoms. The molecule has 148 valence electrons. The lowest BCUT2D eigenvalue weighted by atomic mass is 9.99. The van der Waals surface area contributed by atoms with Gasteiger partial charge in [-0.3, -0.25) is 4.79 Å². The van der Waals surface area contributed by atoms with Gasteiger partial charge in [-0.15, -0.1) is 0 Å². The molecule has 0 aliphatic heterocycles. The van der Waals surface area contributed by atoms with Crippen molar-refractivity contribution >= 4 is 28.4 Å². The Labute approximate surface area is 163 Å². The number of rotatable bonds is 7. The third-order valence-corrected chi connectivity index (χ3v) is 5.42. The van der Waals surface area contributed by atoms with Gasteiger partial charge >= 0.3 is 5.97 Å². The molecule has 7 heteroatoms. The van der Waals surface area contributed by atoms with Crippen LogP contribution in [0.3, 0.4) is 0 Å². The minimum Gasteiger partial charge on any atom is -0.480 e. The summed E-state index contributed by atoms with van der Waals surface area (Å²) in [5.74, 6) is -1.39. The summed E-state index contributed by atoms with van der Waals surface area (Å²) in [6.07, 6.45) is 1.37. The van der Waals surface area contributed by atoms with E-state index in [1.165, 1.54) is 0 Å². The van der Waals surface area contributed by atoms with Gasteiger partial charge in [0, 0.05) is 23.2 Å². The molecule has 2 heterocycles. The summed E-state index contributed by atoms with van der Waals surface area (Å²) in [7, 11) is 0. The third kappa shape index (κ3) is 3.69. The van der Waals surface area contributed by atoms with E-state index < -0.39 is 12.0 Å². The number of aromatic nitrogens is 3. The number of benzene rings is 1. The number of carbonyl (C=O) groups excluding carboxylic acids is 1. The van der Waals surface area contributed by atoms with Gasteiger partial charge in [-0.25, -0.2) is 14.3 Å². The molecule has 1 amide bonds. The highest BCUT2D eigenvalue weighted by molar-refractivity contribution is 5.92. The molecule has 0 saturated carbocycles. The van der Waals surface area contributed by atoms with Gasteiger partial charge < -0.3 is 10.4 Å². The fourth-order valence-corrected chi connectivity index (χ4v) is 3.51. The molecule has 2 N–H and O–H groups in total. The number of aliphatic carboxylic acids is 1. The first-order valence-electron chi connectivity index (χ1n) is 9.59. The smallest absolute Gasteiger partial charge is 0.326 e. The van der Waals surface area contributed by atoms with E-state index in [1.54, 1.807) is 0 Å². The summed E-state index contributed by atoms with van der Waals surface area (Å²) in [6.45, 7) is 7.64. The van der Waals surface area contributed by atoms with Crippen LogP contribution in [0.4, 0.5) is 0 Å². The van der Waals surface area contributed by atoms with Crippen molar-refractivity contribution in [3.63, 3.8) is 0 Å². The number of nitrogens with one attached hydrogen (secondary N) is 1. The number of fused-ring (bicyclic) bond motifs is 3. The van der Waals surface area contributed by atoms with Crippen LogP contribution in [0.25, 0.3) is 16.6 Å². The van der Waals surface area contributed by atoms with E-state index in [0.717, 1.165) is 33.5 Å². The molecule has 0 saturated heterocycles. The van der Waals surface area contributed by atoms with Crippen LogP contribution in [0, 0.1) is 19.8 Å². The Balaban J connectivity index is 1.81. The van der Waals surface area contributed by atoms with E-state index in [2.05, 4.69) is 10.4 Å². The molecular weight excluding hydrogens is 356 g/mol. The van der Waals surface area contributed by atoms with Crippen molar-refractivity contribution in [2.24, 2.45) is 5.92 Å². The van der Waals surface area contributed by atoms with E-state index in [4.69, 9.17) is 4.98 Å². The molecule has 28 heavy (non-hydrogen) atoms. The van der Waals surface area contributed by atoms with Crippen molar-refractivity contribution in [3.05, 3.63) is 41.2 Å². The van der Waals surface area contributed by atoms with Crippen LogP contribution in [0.15, 0.2) is 24.3 Å². The predicted molar refractivity (Wildman–Crippen MR) is 107 cm³/mol. The maximum atomic E-state index is 12.4. The zero-order valence-electron chi connectivity index (χ0n) is 16.7. The lowest BCUT2D eigenvalue weighted by Crippen LogP contribution is -2.45. The average Bonchev–Trinajstić information content (AvgIpc) is 3.04. The molecule has 1 aromatic carbocycles. The summed E-state index contributed by atoms with van der Waals surface area (Å²) >= 11 is 0. The minimum atomic E-state index is -0.999. The normalized spacial score (nSPS) is 13.6. The zero-order chi connectivity index (χ0) is 20.4. The summed E-state index contributed by atoms with van der Waals surface area (Å²) in [5.41, 5.74) is 4.46. The van der Waals surface area contributed by atoms with Gasteiger partial charge in [0.1, 0.15) is 6.04 Å². The van der Waals surface area contributed by atoms with Crippen LogP contribution >= 0.6 is 0 Å². The predicted octanol–water partition coefficient (Wildman–Crippen LogP) is 3.05. The Morgan fingerprint density at radius 2 is 1.96 bits per heavy atom. The molecule has 3 rings (SSSR count). The summed E-state index contributed by atoms with van der Waals surface area (Å²) in [6, 6.07) is 6.99. The fraction of sp³-hybridized carbons (Fsp3) is 0.429. The fourth-order valence-electron chi connectivity index (χ4n) is 3.51. The Hall–Kier alpha value is -2.96. The molecule has 0 aliphatic carbocycles. The highest BCUT2D eigenvalue weighted by Crippen LogP contribution is 2.23. The van der Waals surface area contributed by atoms with Crippen molar-refractivity contribution in [2.45, 2.75) is 53.0 Å². The summed E-state index contributed by atoms with van der Waals surface area (Å²) in [4.78, 5) is 28.5. The van der Waals surface area contributed by atoms with Crippen molar-refractivity contribution in [2.75, 3.05) is 0 Å². The van der Waals surface area contributed by atoms with Gasteiger partial charge in [0.25, 0.3) is 0 Å². The maximum absolute atomic E-state index is 12.4. The van der Waals surface area contributed by atoms with Crippen molar-refractivity contribution in [1.29, 1.82) is 0 Å². The second-order valence-corrected chi connectivity index (χ2v) is 7.28. The largest absolute Gasteiger partial charge is 0.480 e. The highest BCUT2D eigenvalue weighted by Gasteiger charge is 2.25. The molecule has 0 bridgehead atoms. The van der Waals surface area contributed by atoms with Crippen molar-refractivity contribution < 1.29 is 14.7 Å². The first-order valence-corrected chi connectivity index (χ1v) is 9.59. The molecule has 0 radical (unpaired) electrons. The molecular formula is C21H26N4O3. The molecule has 2 unspecified atom stereocenters. The second-order valence-electron chi connectivity index (χ2n) is 7.28. The Morgan fingerprint density at radius 1 is 1.25 bits per heavy atom. The molecule has 0 fully saturated rings. The van der Waals surface area contributed by atoms with E-state index in [9.17, 15) is 14.7 Å². The average molecular weight is 382 g/mol. The van der Waals surface area contributed by atoms with Crippen LogP contribution in [0.2, 0.25) is 0 Å². The lowest BCUT2D eigenvalue weighted by Gasteiger charge is -2.20. The van der Waals surface area contributed by atoms with Gasteiger partial charge in [-0.1, -0.05) is 32.4 Å². The van der Waals surface area contributed by atoms with Crippen LogP contribution in [-0.2, 0) is 16.0 Å². The number of amides is 1. The standard InChI is InChI=1S/C21H26N4O3/c1-5-12(2)19(21(27)28)23-18(26)11-10-15-13(3)22-20-16-8-6-7-9-17(16)24-25(20)14(15)4/h6-9,12,19H,5,10-11H2,1-4H3,(H,23,26)(H,27,28). The van der Waals surface area contributed by atoms with Crippen molar-refractivity contribution in [3.8, 4) is 0 Å². The van der Waals surface area contributed by atoms with Gasteiger partial charge in [0.2, 0.25) is 5.91 Å². The van der Waals surface area contributed by atoms with Gasteiger partial charge in [0.15, 0.2) is 5.65 Å². The lowest BCUT2D eigenvalue weighted by molar-refractivity contribution is -0.143. The number of hydrogen-bond donors (Lipinski definition) is 2. The van der Waals surface area contributed by atoms with Gasteiger partial charge in [-0.2, -0.15) is 5.10 Å². The SMILES string of the molecule is CCC(C)C(NC(=O)CCc1c(C)nc2c3ccccc3nn2c1C)C(=O)O. The Kier molecular flexibility index (Phi) is 5.63. The van der Waals surface area contributed by atoms with Gasteiger partial charge in [0.05, 0.1) is 5.52 Å². The third-order valence-electron chi connectivity index (χ3n) is 5.42. The molecule has 2 aromatic heterocycles. The van der Waals surface area contributed by atoms with E-state index >= 15 is 0 Å². The van der Waals surface area contributed by atoms with Crippen molar-refractivity contribution in [1.82, 2.24) is 19.9 Å². The van der Waals surface area contributed by atoms with E-state index in [0.29, 0.717) is 12.8 Å². The molecule has 2 atom stereocenters. The number of carbonyl (C=O) groups is 2. The Bertz CT molecular complexity index is 1040. The first-order chi connectivity index (χ1) is 13.3. The summed E-state index contributed by atoms with van der Waals surface area (Å²) < 4.78 is 1.82. The monoisotopic (exact) mass is 382 g/mol. The van der Waals surface area contributed by atoms with Crippen LogP contribution in [0.1, 0.15) is 43.6 Å². The second kappa shape index (κ2) is 7.96. The number of nitrogens with zero attached hydrogens (tertiary/aromatic N) is 3. The number of aryl methyl sites for hydroxylation is 2. The highest BCUT2D eigenvalue weighted by atomic mass is 16.4. The quantitative estimate of drug-likeness (QED) is 0.655. The van der Waals surface area contributed by atoms with Gasteiger partial charge in [-0.05, 0) is 43.9 Å².